The lowest BCUT2D eigenvalue weighted by molar-refractivity contribution is 0.469. The van der Waals surface area contributed by atoms with Crippen LogP contribution in [0.2, 0.25) is 0 Å². The largest absolute Gasteiger partial charge is 0.0795 e. The molecular formula is C30H44. The van der Waals surface area contributed by atoms with Crippen LogP contribution >= 0.6 is 0 Å². The maximum absolute atomic E-state index is 2.38. The van der Waals surface area contributed by atoms with E-state index in [1.165, 1.54) is 60.8 Å². The van der Waals surface area contributed by atoms with E-state index in [9.17, 15) is 0 Å². The van der Waals surface area contributed by atoms with Gasteiger partial charge in [-0.1, -0.05) is 133 Å². The zero-order chi connectivity index (χ0) is 22.0. The molecule has 0 saturated heterocycles. The van der Waals surface area contributed by atoms with Crippen LogP contribution in [-0.4, -0.2) is 0 Å². The number of hydrogen-bond donors (Lipinski definition) is 0. The molecule has 0 aromatic heterocycles. The number of rotatable bonds is 11. The number of allylic oxidation sites excluding steroid dienone is 4. The highest BCUT2D eigenvalue weighted by atomic mass is 14.1. The van der Waals surface area contributed by atoms with E-state index in [0.717, 1.165) is 18.8 Å². The SMILES string of the molecule is CC/C=C(\C=C/Cc1ccc(CCCC(C)CCC)cc1)c1ccccc1.CCC. The molecule has 0 aliphatic rings. The third kappa shape index (κ3) is 11.2. The molecule has 0 amide bonds. The van der Waals surface area contributed by atoms with Crippen molar-refractivity contribution in [3.05, 3.63) is 89.5 Å². The van der Waals surface area contributed by atoms with Gasteiger partial charge in [-0.15, -0.1) is 0 Å². The lowest BCUT2D eigenvalue weighted by Crippen LogP contribution is -1.95. The Kier molecular flexibility index (Phi) is 14.4. The van der Waals surface area contributed by atoms with Gasteiger partial charge in [0.05, 0.1) is 0 Å². The molecule has 30 heavy (non-hydrogen) atoms. The molecule has 0 fully saturated rings. The lowest BCUT2D eigenvalue weighted by atomic mass is 9.97. The van der Waals surface area contributed by atoms with Crippen molar-refractivity contribution in [2.75, 3.05) is 0 Å². The van der Waals surface area contributed by atoms with E-state index in [2.05, 4.69) is 107 Å². The van der Waals surface area contributed by atoms with Crippen LogP contribution in [0.4, 0.5) is 0 Å². The average molecular weight is 405 g/mol. The molecule has 0 aliphatic heterocycles. The van der Waals surface area contributed by atoms with Crippen molar-refractivity contribution in [2.45, 2.75) is 86.0 Å². The van der Waals surface area contributed by atoms with Gasteiger partial charge in [0.25, 0.3) is 0 Å². The van der Waals surface area contributed by atoms with E-state index in [0.29, 0.717) is 0 Å². The van der Waals surface area contributed by atoms with Crippen LogP contribution in [-0.2, 0) is 12.8 Å². The molecule has 2 aromatic rings. The van der Waals surface area contributed by atoms with Gasteiger partial charge in [-0.3, -0.25) is 0 Å². The third-order valence-electron chi connectivity index (χ3n) is 5.15. The summed E-state index contributed by atoms with van der Waals surface area (Å²) in [6.07, 6.45) is 16.7. The standard InChI is InChI=1S/C27H36.C3H8/c1-4-11-23(3)13-9-14-24-19-21-25(22-20-24)15-10-18-26(12-5-2)27-16-7-6-8-17-27;1-3-2/h6-8,10,12,16-23H,4-5,9,11,13-15H2,1-3H3;3H2,1-2H3/b18-10-,26-12+;. The van der Waals surface area contributed by atoms with Crippen molar-refractivity contribution in [3.63, 3.8) is 0 Å². The summed E-state index contributed by atoms with van der Waals surface area (Å²) >= 11 is 0. The van der Waals surface area contributed by atoms with Crippen LogP contribution in [0, 0.1) is 5.92 Å². The van der Waals surface area contributed by atoms with Crippen molar-refractivity contribution in [1.82, 2.24) is 0 Å². The van der Waals surface area contributed by atoms with Crippen LogP contribution in [0.15, 0.2) is 72.8 Å². The highest BCUT2D eigenvalue weighted by Gasteiger charge is 2.01. The first-order valence-electron chi connectivity index (χ1n) is 12.1. The molecule has 0 heterocycles. The Hall–Kier alpha value is -2.08. The fraction of sp³-hybridized carbons (Fsp3) is 0.467. The summed E-state index contributed by atoms with van der Waals surface area (Å²) in [5.41, 5.74) is 5.47. The molecule has 0 bridgehead atoms. The first-order chi connectivity index (χ1) is 14.6. The van der Waals surface area contributed by atoms with Crippen LogP contribution in [0.3, 0.4) is 0 Å². The fourth-order valence-electron chi connectivity index (χ4n) is 3.59. The Bertz CT molecular complexity index is 703. The van der Waals surface area contributed by atoms with Crippen LogP contribution in [0.1, 0.15) is 89.8 Å². The molecular weight excluding hydrogens is 360 g/mol. The summed E-state index contributed by atoms with van der Waals surface area (Å²) in [6.45, 7) is 11.1. The molecule has 0 heteroatoms. The van der Waals surface area contributed by atoms with Gasteiger partial charge in [-0.05, 0) is 53.9 Å². The topological polar surface area (TPSA) is 0 Å². The zero-order valence-electron chi connectivity index (χ0n) is 20.2. The molecule has 2 rings (SSSR count). The van der Waals surface area contributed by atoms with E-state index in [1.807, 2.05) is 0 Å². The molecule has 0 spiro atoms. The molecule has 1 unspecified atom stereocenters. The smallest absolute Gasteiger partial charge is 0.00941 e. The Morgan fingerprint density at radius 2 is 1.47 bits per heavy atom. The summed E-state index contributed by atoms with van der Waals surface area (Å²) in [6, 6.07) is 19.9. The van der Waals surface area contributed by atoms with Crippen molar-refractivity contribution in [3.8, 4) is 0 Å². The van der Waals surface area contributed by atoms with Crippen molar-refractivity contribution >= 4 is 5.57 Å². The third-order valence-corrected chi connectivity index (χ3v) is 5.15. The molecule has 0 saturated carbocycles. The van der Waals surface area contributed by atoms with E-state index < -0.39 is 0 Å². The molecule has 2 aromatic carbocycles. The summed E-state index contributed by atoms with van der Waals surface area (Å²) in [5.74, 6) is 0.870. The second-order valence-electron chi connectivity index (χ2n) is 8.35. The van der Waals surface area contributed by atoms with E-state index in [1.54, 1.807) is 0 Å². The second-order valence-corrected chi connectivity index (χ2v) is 8.35. The Balaban J connectivity index is 0.00000141. The number of hydrogen-bond acceptors (Lipinski definition) is 0. The maximum atomic E-state index is 2.38. The fourth-order valence-corrected chi connectivity index (χ4v) is 3.59. The first-order valence-corrected chi connectivity index (χ1v) is 12.1. The monoisotopic (exact) mass is 404 g/mol. The summed E-state index contributed by atoms with van der Waals surface area (Å²) < 4.78 is 0. The quantitative estimate of drug-likeness (QED) is 0.327. The van der Waals surface area contributed by atoms with Gasteiger partial charge in [-0.2, -0.15) is 0 Å². The molecule has 164 valence electrons. The van der Waals surface area contributed by atoms with Crippen LogP contribution < -0.4 is 0 Å². The van der Waals surface area contributed by atoms with Gasteiger partial charge in [0.1, 0.15) is 0 Å². The minimum Gasteiger partial charge on any atom is -0.0795 e. The molecule has 0 radical (unpaired) electrons. The van der Waals surface area contributed by atoms with Gasteiger partial charge in [0.2, 0.25) is 0 Å². The lowest BCUT2D eigenvalue weighted by Gasteiger charge is -2.09. The van der Waals surface area contributed by atoms with E-state index >= 15 is 0 Å². The van der Waals surface area contributed by atoms with Gasteiger partial charge in [-0.25, -0.2) is 0 Å². The Morgan fingerprint density at radius 3 is 2.07 bits per heavy atom. The molecule has 0 nitrogen and oxygen atoms in total. The summed E-state index contributed by atoms with van der Waals surface area (Å²) in [5, 5.41) is 0. The number of aryl methyl sites for hydroxylation is 1. The highest BCUT2D eigenvalue weighted by Crippen LogP contribution is 2.18. The van der Waals surface area contributed by atoms with Crippen LogP contribution in [0.25, 0.3) is 5.57 Å². The van der Waals surface area contributed by atoms with Gasteiger partial charge >= 0.3 is 0 Å². The number of benzene rings is 2. The zero-order valence-corrected chi connectivity index (χ0v) is 20.2. The predicted molar refractivity (Wildman–Crippen MR) is 137 cm³/mol. The Labute approximate surface area is 187 Å². The Morgan fingerprint density at radius 1 is 0.833 bits per heavy atom. The minimum atomic E-state index is 0.870. The summed E-state index contributed by atoms with van der Waals surface area (Å²) in [7, 11) is 0. The first kappa shape index (κ1) is 26.0. The van der Waals surface area contributed by atoms with Gasteiger partial charge in [0, 0.05) is 0 Å². The van der Waals surface area contributed by atoms with Crippen molar-refractivity contribution in [1.29, 1.82) is 0 Å². The van der Waals surface area contributed by atoms with E-state index in [4.69, 9.17) is 0 Å². The normalized spacial score (nSPS) is 12.5. The van der Waals surface area contributed by atoms with Gasteiger partial charge < -0.3 is 0 Å². The summed E-state index contributed by atoms with van der Waals surface area (Å²) in [4.78, 5) is 0. The van der Waals surface area contributed by atoms with E-state index in [-0.39, 0.29) is 0 Å². The average Bonchev–Trinajstić information content (AvgIpc) is 2.76. The van der Waals surface area contributed by atoms with Crippen molar-refractivity contribution in [2.24, 2.45) is 5.92 Å². The minimum absolute atomic E-state index is 0.870. The van der Waals surface area contributed by atoms with Crippen LogP contribution in [0.5, 0.6) is 0 Å². The molecule has 0 N–H and O–H groups in total. The predicted octanol–water partition coefficient (Wildman–Crippen LogP) is 9.45. The van der Waals surface area contributed by atoms with Gasteiger partial charge in [0.15, 0.2) is 0 Å². The molecule has 0 aliphatic carbocycles. The maximum Gasteiger partial charge on any atom is -0.00941 e. The second kappa shape index (κ2) is 16.7. The molecule has 1 atom stereocenters. The van der Waals surface area contributed by atoms with Crippen molar-refractivity contribution < 1.29 is 0 Å². The highest BCUT2D eigenvalue weighted by molar-refractivity contribution is 5.73.